The van der Waals surface area contributed by atoms with Gasteiger partial charge in [-0.15, -0.1) is 0 Å². The first-order valence-electron chi connectivity index (χ1n) is 6.96. The second kappa shape index (κ2) is 5.45. The minimum Gasteiger partial charge on any atom is -0.439 e. The van der Waals surface area contributed by atoms with Gasteiger partial charge in [0.2, 0.25) is 11.6 Å². The molecule has 0 fully saturated rings. The molecule has 22 heavy (non-hydrogen) atoms. The number of rotatable bonds is 2. The van der Waals surface area contributed by atoms with Crippen molar-refractivity contribution in [3.63, 3.8) is 0 Å². The van der Waals surface area contributed by atoms with Crippen LogP contribution in [0.4, 0.5) is 5.69 Å². The standard InChI is InChI=1S/C16H15BN2O3/c1-9-5-13-12(8-21-17(13)20)7-15(9)22-16-10(2)6-14(18-4)11(3)19-16/h5-7,20H,8H2,1-3H3. The molecule has 5 nitrogen and oxygen atoms in total. The normalized spacial score (nSPS) is 13.0. The van der Waals surface area contributed by atoms with Crippen molar-refractivity contribution in [2.75, 3.05) is 0 Å². The average molecular weight is 294 g/mol. The van der Waals surface area contributed by atoms with Crippen LogP contribution in [0.3, 0.4) is 0 Å². The Balaban J connectivity index is 1.98. The fourth-order valence-electron chi connectivity index (χ4n) is 2.47. The SMILES string of the molecule is [C-]#[N+]c1cc(C)c(Oc2cc3c(cc2C)B(O)OC3)nc1C. The van der Waals surface area contributed by atoms with Crippen LogP contribution in [0.15, 0.2) is 18.2 Å². The summed E-state index contributed by atoms with van der Waals surface area (Å²) in [6, 6.07) is 5.53. The van der Waals surface area contributed by atoms with Crippen molar-refractivity contribution in [2.24, 2.45) is 0 Å². The van der Waals surface area contributed by atoms with Crippen molar-refractivity contribution in [3.05, 3.63) is 52.0 Å². The average Bonchev–Trinajstić information content (AvgIpc) is 2.83. The molecular weight excluding hydrogens is 279 g/mol. The van der Waals surface area contributed by atoms with Gasteiger partial charge in [-0.05, 0) is 49.5 Å². The van der Waals surface area contributed by atoms with Gasteiger partial charge in [0.1, 0.15) is 5.75 Å². The molecule has 0 bridgehead atoms. The molecule has 1 N–H and O–H groups in total. The smallest absolute Gasteiger partial charge is 0.439 e. The molecule has 0 amide bonds. The maximum absolute atomic E-state index is 9.72. The van der Waals surface area contributed by atoms with Crippen molar-refractivity contribution in [1.82, 2.24) is 4.98 Å². The predicted molar refractivity (Wildman–Crippen MR) is 83.6 cm³/mol. The lowest BCUT2D eigenvalue weighted by Gasteiger charge is -2.13. The molecule has 2 heterocycles. The van der Waals surface area contributed by atoms with E-state index in [2.05, 4.69) is 9.83 Å². The Hall–Kier alpha value is -2.36. The van der Waals surface area contributed by atoms with E-state index < -0.39 is 7.12 Å². The Morgan fingerprint density at radius 1 is 1.27 bits per heavy atom. The van der Waals surface area contributed by atoms with E-state index in [4.69, 9.17) is 16.0 Å². The number of hydrogen-bond acceptors (Lipinski definition) is 4. The summed E-state index contributed by atoms with van der Waals surface area (Å²) in [5.41, 5.74) is 4.60. The zero-order valence-electron chi connectivity index (χ0n) is 12.7. The van der Waals surface area contributed by atoms with Gasteiger partial charge in [-0.25, -0.2) is 9.83 Å². The summed E-state index contributed by atoms with van der Waals surface area (Å²) in [5, 5.41) is 9.72. The van der Waals surface area contributed by atoms with Gasteiger partial charge in [-0.2, -0.15) is 0 Å². The van der Waals surface area contributed by atoms with Crippen LogP contribution >= 0.6 is 0 Å². The number of pyridine rings is 1. The summed E-state index contributed by atoms with van der Waals surface area (Å²) in [6.07, 6.45) is 0. The molecule has 1 aromatic heterocycles. The Kier molecular flexibility index (Phi) is 3.61. The third kappa shape index (κ3) is 2.45. The Morgan fingerprint density at radius 2 is 2.05 bits per heavy atom. The van der Waals surface area contributed by atoms with Crippen LogP contribution in [0.25, 0.3) is 4.85 Å². The Labute approximate surface area is 129 Å². The highest BCUT2D eigenvalue weighted by Crippen LogP contribution is 2.31. The molecule has 0 aliphatic carbocycles. The third-order valence-electron chi connectivity index (χ3n) is 3.76. The van der Waals surface area contributed by atoms with Gasteiger partial charge >= 0.3 is 7.12 Å². The molecule has 6 heteroatoms. The van der Waals surface area contributed by atoms with E-state index in [9.17, 15) is 5.02 Å². The summed E-state index contributed by atoms with van der Waals surface area (Å²) in [5.74, 6) is 1.18. The lowest BCUT2D eigenvalue weighted by Crippen LogP contribution is -2.28. The van der Waals surface area contributed by atoms with Crippen molar-refractivity contribution < 1.29 is 14.4 Å². The van der Waals surface area contributed by atoms with Crippen molar-refractivity contribution in [3.8, 4) is 11.6 Å². The molecule has 0 saturated carbocycles. The van der Waals surface area contributed by atoms with Crippen molar-refractivity contribution in [1.29, 1.82) is 0 Å². The van der Waals surface area contributed by atoms with Crippen molar-refractivity contribution in [2.45, 2.75) is 27.4 Å². The molecular formula is C16H15BN2O3. The maximum Gasteiger partial charge on any atom is 0.491 e. The first-order valence-corrected chi connectivity index (χ1v) is 6.96. The van der Waals surface area contributed by atoms with Gasteiger partial charge in [-0.3, -0.25) is 0 Å². The lowest BCUT2D eigenvalue weighted by atomic mass is 9.79. The largest absolute Gasteiger partial charge is 0.491 e. The minimum absolute atomic E-state index is 0.370. The van der Waals surface area contributed by atoms with E-state index in [0.717, 1.165) is 22.2 Å². The van der Waals surface area contributed by atoms with Crippen molar-refractivity contribution >= 4 is 18.3 Å². The fraction of sp³-hybridized carbons (Fsp3) is 0.250. The second-order valence-corrected chi connectivity index (χ2v) is 5.41. The van der Waals surface area contributed by atoms with Gasteiger partial charge in [0.05, 0.1) is 13.2 Å². The molecule has 3 rings (SSSR count). The molecule has 0 unspecified atom stereocenters. The van der Waals surface area contributed by atoms with Crippen LogP contribution in [-0.4, -0.2) is 17.1 Å². The molecule has 1 aromatic carbocycles. The van der Waals surface area contributed by atoms with Crippen LogP contribution in [-0.2, 0) is 11.3 Å². The van der Waals surface area contributed by atoms with Gasteiger partial charge in [0.15, 0.2) is 0 Å². The highest BCUT2D eigenvalue weighted by molar-refractivity contribution is 6.61. The van der Waals surface area contributed by atoms with Gasteiger partial charge < -0.3 is 14.4 Å². The quantitative estimate of drug-likeness (QED) is 0.683. The number of hydrogen-bond donors (Lipinski definition) is 1. The number of aromatic nitrogens is 1. The lowest BCUT2D eigenvalue weighted by molar-refractivity contribution is 0.275. The number of benzene rings is 1. The predicted octanol–water partition coefficient (Wildman–Crippen LogP) is 2.57. The molecule has 2 aromatic rings. The number of nitrogens with zero attached hydrogens (tertiary/aromatic N) is 2. The summed E-state index contributed by atoms with van der Waals surface area (Å²) in [4.78, 5) is 7.81. The van der Waals surface area contributed by atoms with E-state index in [0.29, 0.717) is 29.6 Å². The minimum atomic E-state index is -0.859. The number of ether oxygens (including phenoxy) is 1. The molecule has 110 valence electrons. The highest BCUT2D eigenvalue weighted by Gasteiger charge is 2.28. The van der Waals surface area contributed by atoms with Crippen LogP contribution in [0.1, 0.15) is 22.4 Å². The van der Waals surface area contributed by atoms with Crippen LogP contribution < -0.4 is 10.2 Å². The molecule has 0 radical (unpaired) electrons. The molecule has 1 aliphatic rings. The maximum atomic E-state index is 9.72. The zero-order chi connectivity index (χ0) is 15.9. The van der Waals surface area contributed by atoms with Gasteiger partial charge in [0, 0.05) is 11.3 Å². The van der Waals surface area contributed by atoms with E-state index in [1.54, 1.807) is 13.0 Å². The summed E-state index contributed by atoms with van der Waals surface area (Å²) in [6.45, 7) is 13.1. The van der Waals surface area contributed by atoms with Gasteiger partial charge in [0.25, 0.3) is 0 Å². The van der Waals surface area contributed by atoms with E-state index in [1.165, 1.54) is 0 Å². The zero-order valence-corrected chi connectivity index (χ0v) is 12.7. The Morgan fingerprint density at radius 3 is 2.77 bits per heavy atom. The first-order chi connectivity index (χ1) is 10.5. The molecule has 0 atom stereocenters. The third-order valence-corrected chi connectivity index (χ3v) is 3.76. The summed E-state index contributed by atoms with van der Waals surface area (Å²) < 4.78 is 11.1. The molecule has 0 saturated heterocycles. The van der Waals surface area contributed by atoms with E-state index >= 15 is 0 Å². The Bertz CT molecular complexity index is 799. The second-order valence-electron chi connectivity index (χ2n) is 5.41. The summed E-state index contributed by atoms with van der Waals surface area (Å²) in [7, 11) is -0.859. The first kappa shape index (κ1) is 14.6. The van der Waals surface area contributed by atoms with Crippen LogP contribution in [0.5, 0.6) is 11.6 Å². The van der Waals surface area contributed by atoms with Crippen LogP contribution in [0, 0.1) is 27.3 Å². The number of fused-ring (bicyclic) bond motifs is 1. The van der Waals surface area contributed by atoms with Crippen LogP contribution in [0.2, 0.25) is 0 Å². The topological polar surface area (TPSA) is 55.9 Å². The highest BCUT2D eigenvalue weighted by atomic mass is 16.5. The monoisotopic (exact) mass is 294 g/mol. The number of aryl methyl sites for hydroxylation is 3. The van der Waals surface area contributed by atoms with Gasteiger partial charge in [-0.1, -0.05) is 6.07 Å². The van der Waals surface area contributed by atoms with E-state index in [1.807, 2.05) is 26.0 Å². The molecule has 0 spiro atoms. The summed E-state index contributed by atoms with van der Waals surface area (Å²) >= 11 is 0. The fourth-order valence-corrected chi connectivity index (χ4v) is 2.47. The molecule has 1 aliphatic heterocycles. The van der Waals surface area contributed by atoms with E-state index in [-0.39, 0.29) is 0 Å².